The molecule has 0 unspecified atom stereocenters. The van der Waals surface area contributed by atoms with Crippen molar-refractivity contribution < 1.29 is 31.9 Å². The van der Waals surface area contributed by atoms with Gasteiger partial charge in [-0.3, -0.25) is 14.5 Å². The van der Waals surface area contributed by atoms with Crippen LogP contribution in [0.5, 0.6) is 5.75 Å². The minimum atomic E-state index is -5.15. The molecule has 2 aromatic rings. The van der Waals surface area contributed by atoms with E-state index in [1.807, 2.05) is 0 Å². The minimum Gasteiger partial charge on any atom is -0.493 e. The van der Waals surface area contributed by atoms with Crippen LogP contribution in [0.1, 0.15) is 31.4 Å². The number of amides is 2. The molecule has 1 fully saturated rings. The lowest BCUT2D eigenvalue weighted by Crippen LogP contribution is -2.44. The molecule has 0 atom stereocenters. The summed E-state index contributed by atoms with van der Waals surface area (Å²) in [7, 11) is 1.51. The first-order valence-corrected chi connectivity index (χ1v) is 10.7. The van der Waals surface area contributed by atoms with Gasteiger partial charge in [0.2, 0.25) is 5.91 Å². The first-order valence-electron chi connectivity index (χ1n) is 10.3. The normalized spacial score (nSPS) is 15.3. The molecular formula is C23H20F4N4O3S. The number of anilines is 2. The molecule has 184 valence electrons. The summed E-state index contributed by atoms with van der Waals surface area (Å²) in [6.07, 6.45) is -5.00. The van der Waals surface area contributed by atoms with Gasteiger partial charge in [0.15, 0.2) is 10.9 Å². The number of nitrogens with one attached hydrogen (secondary N) is 1. The third-order valence-electron chi connectivity index (χ3n) is 5.41. The Kier molecular flexibility index (Phi) is 7.03. The predicted octanol–water partition coefficient (Wildman–Crippen LogP) is 4.15. The van der Waals surface area contributed by atoms with Crippen molar-refractivity contribution >= 4 is 40.5 Å². The van der Waals surface area contributed by atoms with Crippen LogP contribution in [-0.2, 0) is 15.8 Å². The average molecular weight is 508 g/mol. The number of rotatable bonds is 6. The lowest BCUT2D eigenvalue weighted by atomic mass is 10.0. The second-order valence-electron chi connectivity index (χ2n) is 8.01. The lowest BCUT2D eigenvalue weighted by Gasteiger charge is -2.29. The van der Waals surface area contributed by atoms with E-state index in [9.17, 15) is 22.8 Å². The maximum Gasteiger partial charge on any atom is 0.420 e. The third kappa shape index (κ3) is 4.77. The van der Waals surface area contributed by atoms with E-state index in [0.717, 1.165) is 12.1 Å². The van der Waals surface area contributed by atoms with E-state index in [1.165, 1.54) is 31.9 Å². The van der Waals surface area contributed by atoms with Gasteiger partial charge in [0.25, 0.3) is 5.91 Å². The van der Waals surface area contributed by atoms with Crippen molar-refractivity contribution in [3.8, 4) is 11.8 Å². The number of nitriles is 1. The average Bonchev–Trinajstić information content (AvgIpc) is 2.97. The van der Waals surface area contributed by atoms with Crippen molar-refractivity contribution in [1.29, 1.82) is 5.26 Å². The van der Waals surface area contributed by atoms with Gasteiger partial charge in [-0.05, 0) is 62.5 Å². The molecule has 35 heavy (non-hydrogen) atoms. The van der Waals surface area contributed by atoms with Gasteiger partial charge in [-0.1, -0.05) is 0 Å². The van der Waals surface area contributed by atoms with Crippen molar-refractivity contribution in [3.05, 3.63) is 53.3 Å². The molecular weight excluding hydrogens is 488 g/mol. The second-order valence-corrected chi connectivity index (χ2v) is 8.38. The van der Waals surface area contributed by atoms with E-state index in [-0.39, 0.29) is 24.0 Å². The Balaban J connectivity index is 1.95. The van der Waals surface area contributed by atoms with E-state index < -0.39 is 40.3 Å². The fourth-order valence-electron chi connectivity index (χ4n) is 3.63. The summed E-state index contributed by atoms with van der Waals surface area (Å²) < 4.78 is 61.0. The van der Waals surface area contributed by atoms with Gasteiger partial charge in [0.1, 0.15) is 16.9 Å². The number of hydrogen-bond donors (Lipinski definition) is 1. The molecule has 2 amide bonds. The molecule has 12 heteroatoms. The van der Waals surface area contributed by atoms with Crippen LogP contribution >= 0.6 is 12.2 Å². The predicted molar refractivity (Wildman–Crippen MR) is 123 cm³/mol. The first kappa shape index (κ1) is 25.9. The molecule has 2 aromatic carbocycles. The van der Waals surface area contributed by atoms with Gasteiger partial charge >= 0.3 is 6.18 Å². The highest BCUT2D eigenvalue weighted by molar-refractivity contribution is 7.81. The van der Waals surface area contributed by atoms with Crippen molar-refractivity contribution in [1.82, 2.24) is 5.32 Å². The van der Waals surface area contributed by atoms with Crippen LogP contribution < -0.4 is 19.9 Å². The molecule has 0 spiro atoms. The SMILES string of the molecule is CNC(=O)CCOc1ccc(N2C(=S)N(c3ccc(C#N)c(C(F)(F)F)c3F)C(=O)C2(C)C)cc1. The molecule has 3 rings (SSSR count). The number of carbonyl (C=O) groups excluding carboxylic acids is 2. The maximum atomic E-state index is 15.1. The number of nitrogens with zero attached hydrogens (tertiary/aromatic N) is 3. The van der Waals surface area contributed by atoms with E-state index in [0.29, 0.717) is 16.3 Å². The van der Waals surface area contributed by atoms with Crippen molar-refractivity contribution in [2.24, 2.45) is 0 Å². The monoisotopic (exact) mass is 508 g/mol. The molecule has 1 aliphatic rings. The van der Waals surface area contributed by atoms with Gasteiger partial charge in [-0.25, -0.2) is 4.39 Å². The first-order chi connectivity index (χ1) is 16.3. The Hall–Kier alpha value is -3.72. The van der Waals surface area contributed by atoms with E-state index >= 15 is 4.39 Å². The van der Waals surface area contributed by atoms with E-state index in [1.54, 1.807) is 24.3 Å². The van der Waals surface area contributed by atoms with Crippen molar-refractivity contribution in [2.75, 3.05) is 23.5 Å². The van der Waals surface area contributed by atoms with Crippen LogP contribution in [0.15, 0.2) is 36.4 Å². The molecule has 0 saturated carbocycles. The zero-order valence-corrected chi connectivity index (χ0v) is 19.7. The third-order valence-corrected chi connectivity index (χ3v) is 5.77. The Labute approximate surface area is 203 Å². The zero-order valence-electron chi connectivity index (χ0n) is 18.9. The van der Waals surface area contributed by atoms with Gasteiger partial charge in [0, 0.05) is 12.7 Å². The number of carbonyl (C=O) groups is 2. The number of ether oxygens (including phenoxy) is 1. The highest BCUT2D eigenvalue weighted by Crippen LogP contribution is 2.42. The van der Waals surface area contributed by atoms with Gasteiger partial charge < -0.3 is 15.0 Å². The van der Waals surface area contributed by atoms with Gasteiger partial charge in [0.05, 0.1) is 30.3 Å². The number of benzene rings is 2. The van der Waals surface area contributed by atoms with Gasteiger partial charge in [-0.15, -0.1) is 0 Å². The smallest absolute Gasteiger partial charge is 0.420 e. The largest absolute Gasteiger partial charge is 0.493 e. The lowest BCUT2D eigenvalue weighted by molar-refractivity contribution is -0.140. The zero-order chi connectivity index (χ0) is 26.1. The van der Waals surface area contributed by atoms with Crippen molar-refractivity contribution in [2.45, 2.75) is 32.0 Å². The molecule has 1 N–H and O–H groups in total. The van der Waals surface area contributed by atoms with E-state index in [4.69, 9.17) is 22.2 Å². The molecule has 1 aliphatic heterocycles. The van der Waals surface area contributed by atoms with Crippen LogP contribution in [0.2, 0.25) is 0 Å². The van der Waals surface area contributed by atoms with Crippen molar-refractivity contribution in [3.63, 3.8) is 0 Å². The molecule has 7 nitrogen and oxygen atoms in total. The van der Waals surface area contributed by atoms with E-state index in [2.05, 4.69) is 5.32 Å². The number of alkyl halides is 3. The molecule has 1 saturated heterocycles. The highest BCUT2D eigenvalue weighted by atomic mass is 32.1. The quantitative estimate of drug-likeness (QED) is 0.466. The minimum absolute atomic E-state index is 0.137. The summed E-state index contributed by atoms with van der Waals surface area (Å²) >= 11 is 5.40. The Morgan fingerprint density at radius 3 is 2.37 bits per heavy atom. The number of hydrogen-bond acceptors (Lipinski definition) is 5. The van der Waals surface area contributed by atoms with Crippen LogP contribution in [0.4, 0.5) is 28.9 Å². The summed E-state index contributed by atoms with van der Waals surface area (Å²) in [5.74, 6) is -2.25. The Bertz CT molecular complexity index is 1220. The Morgan fingerprint density at radius 1 is 1.20 bits per heavy atom. The molecule has 0 radical (unpaired) electrons. The molecule has 1 heterocycles. The Morgan fingerprint density at radius 2 is 1.83 bits per heavy atom. The topological polar surface area (TPSA) is 85.7 Å². The second kappa shape index (κ2) is 9.50. The van der Waals surface area contributed by atoms with Crippen LogP contribution in [0, 0.1) is 17.1 Å². The number of thiocarbonyl (C=S) groups is 1. The summed E-state index contributed by atoms with van der Waals surface area (Å²) in [5, 5.41) is 11.2. The number of halogens is 4. The van der Waals surface area contributed by atoms with Crippen LogP contribution in [0.25, 0.3) is 0 Å². The molecule has 0 aromatic heterocycles. The highest BCUT2D eigenvalue weighted by Gasteiger charge is 2.52. The summed E-state index contributed by atoms with van der Waals surface area (Å²) in [5.41, 5.74) is -4.31. The van der Waals surface area contributed by atoms with Crippen LogP contribution in [0.3, 0.4) is 0 Å². The fourth-order valence-corrected chi connectivity index (χ4v) is 4.14. The van der Waals surface area contributed by atoms with Crippen LogP contribution in [-0.4, -0.2) is 36.1 Å². The molecule has 0 aliphatic carbocycles. The standard InChI is InChI=1S/C23H20F4N4O3S/c1-22(2)20(33)30(16-9-4-13(12-28)18(19(16)24)23(25,26)27)21(35)31(22)14-5-7-15(8-6-14)34-11-10-17(32)29-3/h4-9H,10-11H2,1-3H3,(H,29,32). The fraction of sp³-hybridized carbons (Fsp3) is 0.304. The maximum absolute atomic E-state index is 15.1. The van der Waals surface area contributed by atoms with Gasteiger partial charge in [-0.2, -0.15) is 18.4 Å². The summed E-state index contributed by atoms with van der Waals surface area (Å²) in [6, 6.07) is 9.37. The summed E-state index contributed by atoms with van der Waals surface area (Å²) in [6.45, 7) is 3.14. The summed E-state index contributed by atoms with van der Waals surface area (Å²) in [4.78, 5) is 26.6. The molecule has 0 bridgehead atoms.